The molecule has 0 radical (unpaired) electrons. The van der Waals surface area contributed by atoms with Gasteiger partial charge in [-0.2, -0.15) is 13.2 Å². The number of halogens is 3. The summed E-state index contributed by atoms with van der Waals surface area (Å²) in [5, 5.41) is 17.1. The fourth-order valence-electron chi connectivity index (χ4n) is 5.69. The van der Waals surface area contributed by atoms with Crippen LogP contribution in [0.2, 0.25) is 0 Å². The van der Waals surface area contributed by atoms with E-state index in [2.05, 4.69) is 39.1 Å². The lowest BCUT2D eigenvalue weighted by molar-refractivity contribution is -0.136. The topological polar surface area (TPSA) is 101 Å². The van der Waals surface area contributed by atoms with Gasteiger partial charge in [-0.1, -0.05) is 13.0 Å². The van der Waals surface area contributed by atoms with Crippen LogP contribution in [-0.2, 0) is 4.74 Å². The molecule has 0 unspecified atom stereocenters. The second-order valence-electron chi connectivity index (χ2n) is 11.2. The van der Waals surface area contributed by atoms with Gasteiger partial charge in [-0.05, 0) is 57.8 Å². The summed E-state index contributed by atoms with van der Waals surface area (Å²) in [4.78, 5) is 13.7. The first-order valence-electron chi connectivity index (χ1n) is 14.4. The van der Waals surface area contributed by atoms with Gasteiger partial charge in [0.15, 0.2) is 0 Å². The van der Waals surface area contributed by atoms with Crippen molar-refractivity contribution in [2.75, 3.05) is 18.5 Å². The van der Waals surface area contributed by atoms with Crippen LogP contribution in [0.1, 0.15) is 83.1 Å². The number of aliphatic hydroxyl groups excluding tert-OH is 1. The predicted molar refractivity (Wildman–Crippen MR) is 149 cm³/mol. The Morgan fingerprint density at radius 2 is 1.98 bits per heavy atom. The maximum Gasteiger partial charge on any atom is 0.391 e. The van der Waals surface area contributed by atoms with Gasteiger partial charge in [-0.3, -0.25) is 0 Å². The van der Waals surface area contributed by atoms with Crippen LogP contribution in [0.5, 0.6) is 5.88 Å². The number of aliphatic hydroxyl groups is 1. The van der Waals surface area contributed by atoms with Crippen LogP contribution in [-0.4, -0.2) is 69.8 Å². The monoisotopic (exact) mass is 565 g/mol. The Balaban J connectivity index is 1.60. The highest BCUT2D eigenvalue weighted by molar-refractivity contribution is 5.86. The van der Waals surface area contributed by atoms with Gasteiger partial charge < -0.3 is 25.2 Å². The van der Waals surface area contributed by atoms with E-state index >= 15 is 0 Å². The van der Waals surface area contributed by atoms with E-state index in [1.165, 1.54) is 6.92 Å². The molecule has 222 valence electrons. The molecule has 4 rings (SSSR count). The SMILES string of the molecule is C=CC[C@@H](C[C@@H](CC)N[C@H]1CCOC1)Oc1ncc(C2CCC(O)CC2)c2nc(N[C@@H](C)CC(F)(F)F)ncc12. The van der Waals surface area contributed by atoms with Crippen molar-refractivity contribution in [3.8, 4) is 5.88 Å². The number of pyridine rings is 1. The summed E-state index contributed by atoms with van der Waals surface area (Å²) >= 11 is 0. The molecule has 1 aliphatic heterocycles. The van der Waals surface area contributed by atoms with Crippen LogP contribution in [0, 0.1) is 0 Å². The van der Waals surface area contributed by atoms with Crippen molar-refractivity contribution >= 4 is 16.9 Å². The van der Waals surface area contributed by atoms with Gasteiger partial charge in [0.2, 0.25) is 11.8 Å². The first kappa shape index (κ1) is 30.5. The van der Waals surface area contributed by atoms with Crippen molar-refractivity contribution in [3.05, 3.63) is 30.6 Å². The number of aromatic nitrogens is 3. The molecule has 2 fully saturated rings. The molecule has 2 aromatic heterocycles. The lowest BCUT2D eigenvalue weighted by atomic mass is 9.83. The molecule has 3 N–H and O–H groups in total. The van der Waals surface area contributed by atoms with Gasteiger partial charge in [0.25, 0.3) is 0 Å². The Bertz CT molecular complexity index is 1100. The molecule has 0 amide bonds. The number of hydrogen-bond donors (Lipinski definition) is 3. The van der Waals surface area contributed by atoms with Crippen LogP contribution < -0.4 is 15.4 Å². The largest absolute Gasteiger partial charge is 0.473 e. The summed E-state index contributed by atoms with van der Waals surface area (Å²) in [6, 6.07) is -0.317. The number of fused-ring (bicyclic) bond motifs is 1. The minimum absolute atomic E-state index is 0.133. The molecule has 4 atom stereocenters. The highest BCUT2D eigenvalue weighted by Crippen LogP contribution is 2.38. The van der Waals surface area contributed by atoms with Crippen LogP contribution in [0.3, 0.4) is 0 Å². The van der Waals surface area contributed by atoms with Crippen LogP contribution >= 0.6 is 0 Å². The standard InChI is InChI=1S/C29H42F3N5O3/c1-4-6-23(13-20(5-2)36-21-11-12-39-17-21)40-27-25-16-34-28(35-18(3)14-29(30,31)32)37-26(25)24(15-33-27)19-7-9-22(38)10-8-19/h4,15-16,18-23,36,38H,1,5-14,17H2,2-3H3,(H,34,35,37)/t18-,19?,20+,21-,22?,23-/m0/s1. The lowest BCUT2D eigenvalue weighted by Crippen LogP contribution is -2.41. The van der Waals surface area contributed by atoms with E-state index in [1.807, 2.05) is 6.08 Å². The van der Waals surface area contributed by atoms with E-state index in [0.29, 0.717) is 48.7 Å². The molecule has 11 heteroatoms. The molecule has 2 aromatic rings. The zero-order valence-corrected chi connectivity index (χ0v) is 23.4. The smallest absolute Gasteiger partial charge is 0.391 e. The van der Waals surface area contributed by atoms with Gasteiger partial charge in [-0.25, -0.2) is 15.0 Å². The minimum Gasteiger partial charge on any atom is -0.473 e. The molecule has 1 saturated heterocycles. The molecular formula is C29H42F3N5O3. The fraction of sp³-hybridized carbons (Fsp3) is 0.690. The molecule has 1 aliphatic carbocycles. The molecule has 0 bridgehead atoms. The zero-order chi connectivity index (χ0) is 28.7. The van der Waals surface area contributed by atoms with E-state index in [1.54, 1.807) is 12.4 Å². The third kappa shape index (κ3) is 8.50. The summed E-state index contributed by atoms with van der Waals surface area (Å²) in [6.45, 7) is 9.00. The quantitative estimate of drug-likeness (QED) is 0.267. The first-order chi connectivity index (χ1) is 19.1. The van der Waals surface area contributed by atoms with E-state index in [-0.39, 0.29) is 30.1 Å². The third-order valence-corrected chi connectivity index (χ3v) is 7.81. The Labute approximate surface area is 234 Å². The van der Waals surface area contributed by atoms with Gasteiger partial charge in [0, 0.05) is 49.1 Å². The predicted octanol–water partition coefficient (Wildman–Crippen LogP) is 5.67. The number of ether oxygens (including phenoxy) is 2. The molecule has 0 aromatic carbocycles. The van der Waals surface area contributed by atoms with Crippen LogP contribution in [0.25, 0.3) is 10.9 Å². The Morgan fingerprint density at radius 1 is 1.20 bits per heavy atom. The molecule has 3 heterocycles. The molecule has 40 heavy (non-hydrogen) atoms. The second-order valence-corrected chi connectivity index (χ2v) is 11.2. The molecule has 8 nitrogen and oxygen atoms in total. The molecule has 0 spiro atoms. The Morgan fingerprint density at radius 3 is 2.62 bits per heavy atom. The van der Waals surface area contributed by atoms with Gasteiger partial charge >= 0.3 is 6.18 Å². The summed E-state index contributed by atoms with van der Waals surface area (Å²) in [5.74, 6) is 0.666. The number of alkyl halides is 3. The van der Waals surface area contributed by atoms with Crippen molar-refractivity contribution in [3.63, 3.8) is 0 Å². The van der Waals surface area contributed by atoms with E-state index in [9.17, 15) is 18.3 Å². The molecular weight excluding hydrogens is 523 g/mol. The number of rotatable bonds is 13. The van der Waals surface area contributed by atoms with Gasteiger partial charge in [0.05, 0.1) is 30.0 Å². The van der Waals surface area contributed by atoms with Crippen molar-refractivity contribution in [2.24, 2.45) is 0 Å². The maximum absolute atomic E-state index is 12.9. The number of anilines is 1. The van der Waals surface area contributed by atoms with E-state index in [0.717, 1.165) is 44.3 Å². The van der Waals surface area contributed by atoms with E-state index in [4.69, 9.17) is 9.47 Å². The highest BCUT2D eigenvalue weighted by Gasteiger charge is 2.31. The fourth-order valence-corrected chi connectivity index (χ4v) is 5.69. The average molecular weight is 566 g/mol. The number of nitrogens with one attached hydrogen (secondary N) is 2. The summed E-state index contributed by atoms with van der Waals surface area (Å²) in [6.07, 6.45) is 5.63. The Hall–Kier alpha value is -2.50. The third-order valence-electron chi connectivity index (χ3n) is 7.81. The van der Waals surface area contributed by atoms with Crippen molar-refractivity contribution in [1.29, 1.82) is 0 Å². The van der Waals surface area contributed by atoms with Crippen molar-refractivity contribution in [1.82, 2.24) is 20.3 Å². The molecule has 1 saturated carbocycles. The summed E-state index contributed by atoms with van der Waals surface area (Å²) in [7, 11) is 0. The first-order valence-corrected chi connectivity index (χ1v) is 14.4. The van der Waals surface area contributed by atoms with Gasteiger partial charge in [0.1, 0.15) is 6.10 Å². The highest BCUT2D eigenvalue weighted by atomic mass is 19.4. The average Bonchev–Trinajstić information content (AvgIpc) is 3.41. The maximum atomic E-state index is 12.9. The summed E-state index contributed by atoms with van der Waals surface area (Å²) < 4.78 is 50.8. The zero-order valence-electron chi connectivity index (χ0n) is 23.4. The van der Waals surface area contributed by atoms with Crippen LogP contribution in [0.4, 0.5) is 19.1 Å². The summed E-state index contributed by atoms with van der Waals surface area (Å²) in [5.41, 5.74) is 1.52. The van der Waals surface area contributed by atoms with Crippen molar-refractivity contribution in [2.45, 2.75) is 114 Å². The van der Waals surface area contributed by atoms with Crippen molar-refractivity contribution < 1.29 is 27.8 Å². The minimum atomic E-state index is -4.29. The normalized spacial score (nSPS) is 24.0. The molecule has 2 aliphatic rings. The van der Waals surface area contributed by atoms with Gasteiger partial charge in [-0.15, -0.1) is 6.58 Å². The van der Waals surface area contributed by atoms with E-state index < -0.39 is 18.6 Å². The number of hydrogen-bond acceptors (Lipinski definition) is 8. The number of nitrogens with zero attached hydrogens (tertiary/aromatic N) is 3. The Kier molecular flexibility index (Phi) is 10.6. The van der Waals surface area contributed by atoms with Crippen LogP contribution in [0.15, 0.2) is 25.0 Å². The lowest BCUT2D eigenvalue weighted by Gasteiger charge is -2.28. The second kappa shape index (κ2) is 13.9.